The van der Waals surface area contributed by atoms with Gasteiger partial charge in [0.1, 0.15) is 0 Å². The lowest BCUT2D eigenvalue weighted by molar-refractivity contribution is 0.0825. The van der Waals surface area contributed by atoms with Gasteiger partial charge in [-0.2, -0.15) is 0 Å². The molecule has 12 heteroatoms. The summed E-state index contributed by atoms with van der Waals surface area (Å²) in [4.78, 5) is 9.25. The van der Waals surface area contributed by atoms with Gasteiger partial charge >= 0.3 is 0 Å². The summed E-state index contributed by atoms with van der Waals surface area (Å²) in [5.74, 6) is 1.67. The van der Waals surface area contributed by atoms with Gasteiger partial charge < -0.3 is 9.80 Å². The normalized spacial score (nSPS) is 15.1. The number of tetrazole rings is 2. The first-order chi connectivity index (χ1) is 24.4. The molecule has 4 aromatic carbocycles. The summed E-state index contributed by atoms with van der Waals surface area (Å²) in [7, 11) is 8.25. The van der Waals surface area contributed by atoms with E-state index in [9.17, 15) is 0 Å². The molecule has 2 aromatic heterocycles. The second kappa shape index (κ2) is 15.0. The summed E-state index contributed by atoms with van der Waals surface area (Å²) >= 11 is 0. The van der Waals surface area contributed by atoms with Crippen LogP contribution in [-0.4, -0.2) is 105 Å². The maximum atomic E-state index is 4.64. The molecular weight excluding hydrogens is 625 g/mol. The molecular formula is C38H44N12. The second-order valence-corrected chi connectivity index (χ2v) is 13.2. The molecule has 0 amide bonds. The Kier molecular flexibility index (Phi) is 9.90. The molecule has 0 aliphatic carbocycles. The molecule has 3 heterocycles. The Morgan fingerprint density at radius 2 is 0.860 bits per heavy atom. The predicted molar refractivity (Wildman–Crippen MR) is 195 cm³/mol. The van der Waals surface area contributed by atoms with E-state index in [1.165, 1.54) is 0 Å². The molecule has 50 heavy (non-hydrogen) atoms. The topological polar surface area (TPSA) is 100 Å². The maximum absolute atomic E-state index is 4.64. The number of piperazine rings is 1. The standard InChI is InChI=1S/C38H44N12/c1-45(2)33-19-15-31(16-20-33)35(37-39-41-43-49(37)27-29-11-7-5-8-12-29)47-23-25-48(26-24-47)36(32-17-21-34(22-18-32)46(3)4)38-40-42-44-50(38)28-30-13-9-6-10-14-30/h5-22,35-36H,23-28H2,1-4H3/t35-,36-/m1/s1. The van der Waals surface area contributed by atoms with Crippen molar-refractivity contribution in [1.82, 2.24) is 50.2 Å². The highest BCUT2D eigenvalue weighted by atomic mass is 15.6. The summed E-state index contributed by atoms with van der Waals surface area (Å²) in [6, 6.07) is 38.0. The first-order valence-corrected chi connectivity index (χ1v) is 17.1. The van der Waals surface area contributed by atoms with Crippen molar-refractivity contribution in [2.75, 3.05) is 64.2 Å². The van der Waals surface area contributed by atoms with Gasteiger partial charge in [0, 0.05) is 65.7 Å². The van der Waals surface area contributed by atoms with Gasteiger partial charge in [0.05, 0.1) is 25.2 Å². The molecule has 12 nitrogen and oxygen atoms in total. The summed E-state index contributed by atoms with van der Waals surface area (Å²) in [6.45, 7) is 4.44. The molecule has 1 saturated heterocycles. The number of nitrogens with zero attached hydrogens (tertiary/aromatic N) is 12. The zero-order chi connectivity index (χ0) is 34.5. The molecule has 2 atom stereocenters. The molecule has 1 aliphatic rings. The van der Waals surface area contributed by atoms with E-state index in [2.05, 4.69) is 176 Å². The van der Waals surface area contributed by atoms with E-state index in [0.717, 1.165) is 71.5 Å². The smallest absolute Gasteiger partial charge is 0.173 e. The number of aromatic nitrogens is 8. The van der Waals surface area contributed by atoms with Crippen LogP contribution in [0.2, 0.25) is 0 Å². The van der Waals surface area contributed by atoms with Crippen LogP contribution >= 0.6 is 0 Å². The SMILES string of the molecule is CN(C)c1ccc([C@H](c2nnnn2Cc2ccccc2)N2CCN([C@H](c3ccc(N(C)C)cc3)c3nnnn3Cc3ccccc3)CC2)cc1. The van der Waals surface area contributed by atoms with Crippen molar-refractivity contribution in [2.45, 2.75) is 25.2 Å². The monoisotopic (exact) mass is 668 g/mol. The zero-order valence-electron chi connectivity index (χ0n) is 29.2. The van der Waals surface area contributed by atoms with Gasteiger partial charge in [-0.15, -0.1) is 10.2 Å². The highest BCUT2D eigenvalue weighted by Gasteiger charge is 2.35. The second-order valence-electron chi connectivity index (χ2n) is 13.2. The van der Waals surface area contributed by atoms with Gasteiger partial charge in [0.25, 0.3) is 0 Å². The molecule has 0 unspecified atom stereocenters. The molecule has 0 spiro atoms. The highest BCUT2D eigenvalue weighted by molar-refractivity contribution is 5.48. The first kappa shape index (κ1) is 33.1. The van der Waals surface area contributed by atoms with E-state index in [1.54, 1.807) is 0 Å². The molecule has 0 N–H and O–H groups in total. The Morgan fingerprint density at radius 3 is 1.20 bits per heavy atom. The van der Waals surface area contributed by atoms with Crippen molar-refractivity contribution in [2.24, 2.45) is 0 Å². The zero-order valence-corrected chi connectivity index (χ0v) is 29.2. The van der Waals surface area contributed by atoms with Crippen LogP contribution in [0.4, 0.5) is 11.4 Å². The van der Waals surface area contributed by atoms with Crippen molar-refractivity contribution < 1.29 is 0 Å². The third kappa shape index (κ3) is 7.26. The fourth-order valence-corrected chi connectivity index (χ4v) is 6.76. The van der Waals surface area contributed by atoms with Crippen LogP contribution in [0.15, 0.2) is 109 Å². The molecule has 0 bridgehead atoms. The molecule has 0 saturated carbocycles. The van der Waals surface area contributed by atoms with Crippen LogP contribution in [0.25, 0.3) is 0 Å². The molecule has 1 aliphatic heterocycles. The maximum Gasteiger partial charge on any atom is 0.173 e. The average molecular weight is 669 g/mol. The minimum atomic E-state index is -0.117. The van der Waals surface area contributed by atoms with Gasteiger partial charge in [0.2, 0.25) is 0 Å². The van der Waals surface area contributed by atoms with Crippen molar-refractivity contribution in [1.29, 1.82) is 0 Å². The van der Waals surface area contributed by atoms with Crippen LogP contribution in [0.1, 0.15) is 46.0 Å². The number of hydrogen-bond donors (Lipinski definition) is 0. The summed E-state index contributed by atoms with van der Waals surface area (Å²) in [5, 5.41) is 26.6. The van der Waals surface area contributed by atoms with E-state index in [0.29, 0.717) is 13.1 Å². The summed E-state index contributed by atoms with van der Waals surface area (Å²) in [6.07, 6.45) is 0. The Balaban J connectivity index is 1.19. The minimum absolute atomic E-state index is 0.117. The van der Waals surface area contributed by atoms with Gasteiger partial charge in [-0.1, -0.05) is 84.9 Å². The third-order valence-electron chi connectivity index (χ3n) is 9.49. The Hall–Kier alpha value is -5.46. The van der Waals surface area contributed by atoms with Crippen LogP contribution in [0.3, 0.4) is 0 Å². The third-order valence-corrected chi connectivity index (χ3v) is 9.49. The van der Waals surface area contributed by atoms with Crippen LogP contribution in [-0.2, 0) is 13.1 Å². The lowest BCUT2D eigenvalue weighted by atomic mass is 10.00. The molecule has 6 aromatic rings. The van der Waals surface area contributed by atoms with Gasteiger partial charge in [-0.3, -0.25) is 9.80 Å². The fourth-order valence-electron chi connectivity index (χ4n) is 6.76. The number of hydrogen-bond acceptors (Lipinski definition) is 10. The Morgan fingerprint density at radius 1 is 0.500 bits per heavy atom. The molecule has 0 radical (unpaired) electrons. The Labute approximate surface area is 293 Å². The molecule has 256 valence electrons. The number of benzene rings is 4. The van der Waals surface area contributed by atoms with E-state index in [4.69, 9.17) is 0 Å². The lowest BCUT2D eigenvalue weighted by Gasteiger charge is -2.41. The highest BCUT2D eigenvalue weighted by Crippen LogP contribution is 2.34. The van der Waals surface area contributed by atoms with Crippen molar-refractivity contribution in [3.8, 4) is 0 Å². The summed E-state index contributed by atoms with van der Waals surface area (Å²) < 4.78 is 3.89. The minimum Gasteiger partial charge on any atom is -0.378 e. The lowest BCUT2D eigenvalue weighted by Crippen LogP contribution is -2.50. The Bertz CT molecular complexity index is 1780. The predicted octanol–water partition coefficient (Wildman–Crippen LogP) is 4.38. The van der Waals surface area contributed by atoms with Crippen molar-refractivity contribution in [3.05, 3.63) is 143 Å². The first-order valence-electron chi connectivity index (χ1n) is 17.1. The van der Waals surface area contributed by atoms with Gasteiger partial charge in [-0.25, -0.2) is 9.36 Å². The molecule has 7 rings (SSSR count). The number of rotatable bonds is 12. The van der Waals surface area contributed by atoms with Crippen LogP contribution in [0.5, 0.6) is 0 Å². The van der Waals surface area contributed by atoms with E-state index in [-0.39, 0.29) is 12.1 Å². The van der Waals surface area contributed by atoms with E-state index in [1.807, 2.05) is 21.5 Å². The van der Waals surface area contributed by atoms with E-state index < -0.39 is 0 Å². The molecule has 1 fully saturated rings. The summed E-state index contributed by atoms with van der Waals surface area (Å²) in [5.41, 5.74) is 6.94. The van der Waals surface area contributed by atoms with Crippen LogP contribution in [0, 0.1) is 0 Å². The van der Waals surface area contributed by atoms with Gasteiger partial charge in [-0.05, 0) is 67.4 Å². The average Bonchev–Trinajstić information content (AvgIpc) is 3.80. The largest absolute Gasteiger partial charge is 0.378 e. The van der Waals surface area contributed by atoms with Crippen LogP contribution < -0.4 is 9.80 Å². The van der Waals surface area contributed by atoms with Gasteiger partial charge in [0.15, 0.2) is 11.6 Å². The fraction of sp³-hybridized carbons (Fsp3) is 0.316. The quantitative estimate of drug-likeness (QED) is 0.187. The number of anilines is 2. The van der Waals surface area contributed by atoms with Crippen molar-refractivity contribution >= 4 is 11.4 Å². The van der Waals surface area contributed by atoms with Crippen molar-refractivity contribution in [3.63, 3.8) is 0 Å². The van der Waals surface area contributed by atoms with E-state index >= 15 is 0 Å².